The second-order valence-corrected chi connectivity index (χ2v) is 11.7. The average Bonchev–Trinajstić information content (AvgIpc) is 3.40. The first-order chi connectivity index (χ1) is 15.9. The molecule has 4 aliphatic carbocycles. The molecule has 0 radical (unpaired) electrons. The molecule has 1 aromatic heterocycles. The number of ketones is 1. The third kappa shape index (κ3) is 4.15. The van der Waals surface area contributed by atoms with Gasteiger partial charge in [0.2, 0.25) is 0 Å². The summed E-state index contributed by atoms with van der Waals surface area (Å²) in [5.74, 6) is 3.46. The lowest BCUT2D eigenvalue weighted by molar-refractivity contribution is -0.137. The third-order valence-electron chi connectivity index (χ3n) is 10.1. The molecular weight excluding hydrogens is 414 g/mol. The number of rotatable bonds is 7. The first-order valence-corrected chi connectivity index (χ1v) is 13.2. The number of Topliss-reactive ketones (excluding diaryl/α,β-unsaturated/α-hetero) is 1. The molecular formula is C26H41N5O2. The number of aromatic nitrogens is 3. The Morgan fingerprint density at radius 2 is 2.03 bits per heavy atom. The highest BCUT2D eigenvalue weighted by molar-refractivity contribution is 5.87. The number of carbonyl (C=O) groups is 1. The van der Waals surface area contributed by atoms with E-state index in [1.807, 2.05) is 10.9 Å². The number of nitrogens with two attached hydrogens (primary N) is 1. The van der Waals surface area contributed by atoms with Crippen LogP contribution in [0.25, 0.3) is 0 Å². The van der Waals surface area contributed by atoms with E-state index in [-0.39, 0.29) is 5.41 Å². The van der Waals surface area contributed by atoms with Gasteiger partial charge in [0, 0.05) is 31.1 Å². The maximum Gasteiger partial charge on any atom is 0.139 e. The summed E-state index contributed by atoms with van der Waals surface area (Å²) in [6.45, 7) is 6.77. The Morgan fingerprint density at radius 3 is 2.85 bits per heavy atom. The van der Waals surface area contributed by atoms with Crippen molar-refractivity contribution in [3.8, 4) is 0 Å². The van der Waals surface area contributed by atoms with Crippen LogP contribution >= 0.6 is 0 Å². The van der Waals surface area contributed by atoms with Crippen molar-refractivity contribution in [1.29, 1.82) is 0 Å². The topological polar surface area (TPSA) is 95.4 Å². The number of oxime groups is 1. The Bertz CT molecular complexity index is 897. The summed E-state index contributed by atoms with van der Waals surface area (Å²) in [6.07, 6.45) is 14.2. The largest absolute Gasteiger partial charge is 0.396 e. The van der Waals surface area contributed by atoms with E-state index in [0.29, 0.717) is 30.3 Å². The lowest BCUT2D eigenvalue weighted by Gasteiger charge is -2.59. The van der Waals surface area contributed by atoms with Crippen LogP contribution in [0, 0.1) is 34.5 Å². The third-order valence-corrected chi connectivity index (χ3v) is 10.1. The molecule has 0 bridgehead atoms. The molecule has 182 valence electrons. The van der Waals surface area contributed by atoms with Crippen molar-refractivity contribution < 1.29 is 9.63 Å². The Labute approximate surface area is 197 Å². The normalized spacial score (nSPS) is 39.2. The van der Waals surface area contributed by atoms with Crippen LogP contribution in [0.5, 0.6) is 0 Å². The molecule has 7 heteroatoms. The minimum atomic E-state index is -0.0138. The van der Waals surface area contributed by atoms with Crippen LogP contribution in [-0.2, 0) is 22.7 Å². The van der Waals surface area contributed by atoms with Gasteiger partial charge in [0.1, 0.15) is 12.4 Å². The van der Waals surface area contributed by atoms with Crippen LogP contribution in [-0.4, -0.2) is 33.1 Å². The van der Waals surface area contributed by atoms with E-state index in [1.54, 1.807) is 0 Å². The van der Waals surface area contributed by atoms with Gasteiger partial charge in [-0.2, -0.15) is 0 Å². The molecule has 1 aromatic rings. The molecule has 4 saturated carbocycles. The van der Waals surface area contributed by atoms with Gasteiger partial charge in [0.05, 0.1) is 11.4 Å². The Hall–Kier alpha value is -1.76. The summed E-state index contributed by atoms with van der Waals surface area (Å²) in [5, 5.41) is 12.7. The molecule has 0 spiro atoms. The van der Waals surface area contributed by atoms with Crippen LogP contribution in [0.2, 0.25) is 0 Å². The van der Waals surface area contributed by atoms with Crippen LogP contribution in [0.1, 0.15) is 90.2 Å². The monoisotopic (exact) mass is 455 g/mol. The van der Waals surface area contributed by atoms with Crippen molar-refractivity contribution in [2.75, 3.05) is 6.61 Å². The van der Waals surface area contributed by atoms with Crippen LogP contribution in [0.15, 0.2) is 11.4 Å². The molecule has 4 aliphatic rings. The maximum absolute atomic E-state index is 12.6. The van der Waals surface area contributed by atoms with Gasteiger partial charge in [-0.3, -0.25) is 9.48 Å². The summed E-state index contributed by atoms with van der Waals surface area (Å²) < 4.78 is 1.85. The van der Waals surface area contributed by atoms with E-state index in [9.17, 15) is 4.79 Å². The highest BCUT2D eigenvalue weighted by Crippen LogP contribution is 2.65. The van der Waals surface area contributed by atoms with E-state index in [1.165, 1.54) is 31.4 Å². The van der Waals surface area contributed by atoms with E-state index in [4.69, 9.17) is 10.6 Å². The van der Waals surface area contributed by atoms with Gasteiger partial charge in [-0.05, 0) is 93.3 Å². The molecule has 4 fully saturated rings. The van der Waals surface area contributed by atoms with Crippen molar-refractivity contribution in [1.82, 2.24) is 15.0 Å². The lowest BCUT2D eigenvalue weighted by Crippen LogP contribution is -2.53. The van der Waals surface area contributed by atoms with E-state index >= 15 is 0 Å². The molecule has 5 rings (SSSR count). The minimum absolute atomic E-state index is 0.0138. The summed E-state index contributed by atoms with van der Waals surface area (Å²) in [4.78, 5) is 18.3. The summed E-state index contributed by atoms with van der Waals surface area (Å²) in [6, 6.07) is 0. The molecule has 7 nitrogen and oxygen atoms in total. The molecule has 33 heavy (non-hydrogen) atoms. The van der Waals surface area contributed by atoms with E-state index in [0.717, 1.165) is 74.9 Å². The van der Waals surface area contributed by atoms with E-state index in [2.05, 4.69) is 29.3 Å². The predicted molar refractivity (Wildman–Crippen MR) is 127 cm³/mol. The highest BCUT2D eigenvalue weighted by atomic mass is 16.6. The van der Waals surface area contributed by atoms with E-state index < -0.39 is 0 Å². The number of hydrogen-bond donors (Lipinski definition) is 1. The van der Waals surface area contributed by atoms with Crippen LogP contribution in [0.4, 0.5) is 0 Å². The number of aryl methyl sites for hydroxylation is 1. The van der Waals surface area contributed by atoms with Crippen molar-refractivity contribution >= 4 is 11.5 Å². The molecule has 0 aliphatic heterocycles. The van der Waals surface area contributed by atoms with Gasteiger partial charge in [0.15, 0.2) is 0 Å². The maximum atomic E-state index is 12.6. The Balaban J connectivity index is 1.11. The fraction of sp³-hybridized carbons (Fsp3) is 0.846. The molecule has 0 aromatic carbocycles. The zero-order chi connectivity index (χ0) is 23.1. The minimum Gasteiger partial charge on any atom is -0.396 e. The van der Waals surface area contributed by atoms with Gasteiger partial charge >= 0.3 is 0 Å². The first-order valence-electron chi connectivity index (χ1n) is 13.2. The molecule has 0 amide bonds. The zero-order valence-corrected chi connectivity index (χ0v) is 20.5. The van der Waals surface area contributed by atoms with Gasteiger partial charge in [-0.15, -0.1) is 5.10 Å². The van der Waals surface area contributed by atoms with Crippen molar-refractivity contribution in [3.63, 3.8) is 0 Å². The fourth-order valence-electron chi connectivity index (χ4n) is 8.03. The second kappa shape index (κ2) is 9.12. The Morgan fingerprint density at radius 1 is 1.15 bits per heavy atom. The SMILES string of the molecule is C[C@]12CCC(=NOCCCCn3cc(CN)nn3)CC1CCC1C2CC[C@]2(C)C(=O)CCC12. The summed E-state index contributed by atoms with van der Waals surface area (Å²) in [5.41, 5.74) is 8.06. The van der Waals surface area contributed by atoms with Crippen LogP contribution in [0.3, 0.4) is 0 Å². The average molecular weight is 456 g/mol. The predicted octanol–water partition coefficient (Wildman–Crippen LogP) is 4.50. The first kappa shape index (κ1) is 23.0. The smallest absolute Gasteiger partial charge is 0.139 e. The molecule has 4 unspecified atom stereocenters. The van der Waals surface area contributed by atoms with Crippen molar-refractivity contribution in [2.45, 2.75) is 97.6 Å². The second-order valence-electron chi connectivity index (χ2n) is 11.7. The molecule has 0 saturated heterocycles. The summed E-state index contributed by atoms with van der Waals surface area (Å²) in [7, 11) is 0. The summed E-state index contributed by atoms with van der Waals surface area (Å²) >= 11 is 0. The van der Waals surface area contributed by atoms with Gasteiger partial charge < -0.3 is 10.6 Å². The van der Waals surface area contributed by atoms with Gasteiger partial charge in [0.25, 0.3) is 0 Å². The molecule has 1 heterocycles. The standard InChI is InChI=1S/C26H41N5O2/c1-25-11-9-19(29-33-14-4-3-13-31-17-20(16-27)28-30-31)15-18(25)5-6-21-22-7-8-24(32)26(22,2)12-10-23(21)25/h17-18,21-23H,3-16,27H2,1-2H3/t18?,21?,22?,23?,25-,26-/m0/s1. The van der Waals surface area contributed by atoms with Crippen molar-refractivity contribution in [3.05, 3.63) is 11.9 Å². The number of unbranched alkanes of at least 4 members (excludes halogenated alkanes) is 1. The zero-order valence-electron chi connectivity index (χ0n) is 20.5. The van der Waals surface area contributed by atoms with Gasteiger partial charge in [-0.25, -0.2) is 0 Å². The Kier molecular flexibility index (Phi) is 6.36. The van der Waals surface area contributed by atoms with Crippen LogP contribution < -0.4 is 5.73 Å². The molecule has 6 atom stereocenters. The molecule has 2 N–H and O–H groups in total. The van der Waals surface area contributed by atoms with Crippen molar-refractivity contribution in [2.24, 2.45) is 45.4 Å². The highest BCUT2D eigenvalue weighted by Gasteiger charge is 2.60. The lowest BCUT2D eigenvalue weighted by atomic mass is 9.45. The quantitative estimate of drug-likeness (QED) is 0.482. The number of nitrogens with zero attached hydrogens (tertiary/aromatic N) is 4. The number of fused-ring (bicyclic) bond motifs is 5. The van der Waals surface area contributed by atoms with Gasteiger partial charge in [-0.1, -0.05) is 24.2 Å². The number of hydrogen-bond acceptors (Lipinski definition) is 6. The number of carbonyl (C=O) groups excluding carboxylic acids is 1. The fourth-order valence-corrected chi connectivity index (χ4v) is 8.03.